The Morgan fingerprint density at radius 3 is 1.50 bits per heavy atom. The van der Waals surface area contributed by atoms with Gasteiger partial charge in [-0.1, -0.05) is 0 Å². The van der Waals surface area contributed by atoms with Crippen LogP contribution in [-0.2, 0) is 12.8 Å². The number of fused-ring (bicyclic) bond motifs is 1. The quantitative estimate of drug-likeness (QED) is 0.620. The molecule has 0 unspecified atom stereocenters. The van der Waals surface area contributed by atoms with Crippen molar-refractivity contribution in [3.05, 3.63) is 22.3 Å². The van der Waals surface area contributed by atoms with Gasteiger partial charge in [0, 0.05) is 0 Å². The largest absolute Gasteiger partial charge is 0.504 e. The maximum Gasteiger partial charge on any atom is 0.160 e. The van der Waals surface area contributed by atoms with Crippen LogP contribution in [0.5, 0.6) is 11.5 Å². The predicted octanol–water partition coefficient (Wildman–Crippen LogP) is 2.59. The molecule has 0 aliphatic heterocycles. The van der Waals surface area contributed by atoms with Crippen molar-refractivity contribution in [2.24, 2.45) is 0 Å². The first-order valence-electron chi connectivity index (χ1n) is 5.15. The monoisotopic (exact) mass is 192 g/mol. The maximum atomic E-state index is 9.69. The Balaban J connectivity index is 2.71. The van der Waals surface area contributed by atoms with E-state index in [9.17, 15) is 10.2 Å². The van der Waals surface area contributed by atoms with E-state index in [0.717, 1.165) is 24.0 Å². The Kier molecular flexibility index (Phi) is 2.14. The number of phenols is 2. The molecule has 1 aliphatic carbocycles. The van der Waals surface area contributed by atoms with Gasteiger partial charge in [-0.3, -0.25) is 0 Å². The van der Waals surface area contributed by atoms with Crippen LogP contribution in [0.1, 0.15) is 35.1 Å². The summed E-state index contributed by atoms with van der Waals surface area (Å²) in [6.07, 6.45) is 4.46. The van der Waals surface area contributed by atoms with Gasteiger partial charge in [0.25, 0.3) is 0 Å². The molecule has 0 saturated heterocycles. The second kappa shape index (κ2) is 3.19. The lowest BCUT2D eigenvalue weighted by atomic mass is 9.85. The van der Waals surface area contributed by atoms with Gasteiger partial charge < -0.3 is 10.2 Å². The number of hydrogen-bond acceptors (Lipinski definition) is 2. The summed E-state index contributed by atoms with van der Waals surface area (Å²) in [7, 11) is 0. The van der Waals surface area contributed by atoms with E-state index in [2.05, 4.69) is 0 Å². The van der Waals surface area contributed by atoms with Crippen molar-refractivity contribution in [1.29, 1.82) is 0 Å². The Hall–Kier alpha value is -1.18. The third-order valence-electron chi connectivity index (χ3n) is 3.31. The summed E-state index contributed by atoms with van der Waals surface area (Å²) in [6, 6.07) is 0. The Labute approximate surface area is 84.2 Å². The molecule has 0 amide bonds. The lowest BCUT2D eigenvalue weighted by molar-refractivity contribution is 0.395. The van der Waals surface area contributed by atoms with Crippen molar-refractivity contribution in [2.75, 3.05) is 0 Å². The third-order valence-corrected chi connectivity index (χ3v) is 3.31. The summed E-state index contributed by atoms with van der Waals surface area (Å²) in [5.41, 5.74) is 4.23. The van der Waals surface area contributed by atoms with Crippen molar-refractivity contribution < 1.29 is 10.2 Å². The minimum Gasteiger partial charge on any atom is -0.504 e. The molecule has 0 saturated carbocycles. The highest BCUT2D eigenvalue weighted by Gasteiger charge is 2.20. The van der Waals surface area contributed by atoms with E-state index in [4.69, 9.17) is 0 Å². The van der Waals surface area contributed by atoms with Crippen molar-refractivity contribution in [3.8, 4) is 11.5 Å². The fraction of sp³-hybridized carbons (Fsp3) is 0.500. The second-order valence-electron chi connectivity index (χ2n) is 4.11. The van der Waals surface area contributed by atoms with Crippen molar-refractivity contribution in [2.45, 2.75) is 39.5 Å². The second-order valence-corrected chi connectivity index (χ2v) is 4.11. The van der Waals surface area contributed by atoms with Gasteiger partial charge >= 0.3 is 0 Å². The van der Waals surface area contributed by atoms with Crippen LogP contribution in [0.2, 0.25) is 0 Å². The van der Waals surface area contributed by atoms with Crippen LogP contribution in [0.15, 0.2) is 0 Å². The lowest BCUT2D eigenvalue weighted by Gasteiger charge is -2.22. The van der Waals surface area contributed by atoms with Gasteiger partial charge in [0.15, 0.2) is 11.5 Å². The molecule has 1 aromatic carbocycles. The van der Waals surface area contributed by atoms with Gasteiger partial charge in [0.2, 0.25) is 0 Å². The average Bonchev–Trinajstić information content (AvgIpc) is 2.23. The lowest BCUT2D eigenvalue weighted by Crippen LogP contribution is -2.07. The van der Waals surface area contributed by atoms with Crippen molar-refractivity contribution in [3.63, 3.8) is 0 Å². The van der Waals surface area contributed by atoms with Crippen LogP contribution in [0.25, 0.3) is 0 Å². The summed E-state index contributed by atoms with van der Waals surface area (Å²) in [5.74, 6) is 0.145. The van der Waals surface area contributed by atoms with Gasteiger partial charge in [0.1, 0.15) is 0 Å². The predicted molar refractivity (Wildman–Crippen MR) is 55.9 cm³/mol. The average molecular weight is 192 g/mol. The highest BCUT2D eigenvalue weighted by molar-refractivity contribution is 5.58. The summed E-state index contributed by atoms with van der Waals surface area (Å²) < 4.78 is 0. The van der Waals surface area contributed by atoms with Gasteiger partial charge in [-0.2, -0.15) is 0 Å². The van der Waals surface area contributed by atoms with E-state index >= 15 is 0 Å². The molecule has 0 bridgehead atoms. The normalized spacial score (nSPS) is 15.3. The fourth-order valence-electron chi connectivity index (χ4n) is 2.37. The van der Waals surface area contributed by atoms with Gasteiger partial charge in [0.05, 0.1) is 0 Å². The first kappa shape index (κ1) is 9.38. The number of benzene rings is 1. The number of aromatic hydroxyl groups is 2. The van der Waals surface area contributed by atoms with E-state index < -0.39 is 0 Å². The third kappa shape index (κ3) is 1.17. The summed E-state index contributed by atoms with van der Waals surface area (Å²) in [6.45, 7) is 3.78. The molecule has 0 fully saturated rings. The molecule has 2 heteroatoms. The molecule has 0 aromatic heterocycles. The van der Waals surface area contributed by atoms with Crippen molar-refractivity contribution >= 4 is 0 Å². The molecule has 0 spiro atoms. The van der Waals surface area contributed by atoms with Crippen molar-refractivity contribution in [1.82, 2.24) is 0 Å². The first-order valence-corrected chi connectivity index (χ1v) is 5.15. The van der Waals surface area contributed by atoms with Gasteiger partial charge in [-0.15, -0.1) is 0 Å². The molecule has 14 heavy (non-hydrogen) atoms. The zero-order valence-corrected chi connectivity index (χ0v) is 8.72. The summed E-state index contributed by atoms with van der Waals surface area (Å²) in [5, 5.41) is 19.4. The van der Waals surface area contributed by atoms with Crippen LogP contribution in [0.4, 0.5) is 0 Å². The van der Waals surface area contributed by atoms with E-state index in [1.54, 1.807) is 0 Å². The minimum atomic E-state index is 0.0724. The van der Waals surface area contributed by atoms with Crippen LogP contribution >= 0.6 is 0 Å². The molecule has 2 rings (SSSR count). The maximum absolute atomic E-state index is 9.69. The van der Waals surface area contributed by atoms with E-state index in [0.29, 0.717) is 0 Å². The topological polar surface area (TPSA) is 40.5 Å². The van der Waals surface area contributed by atoms with E-state index in [1.165, 1.54) is 24.0 Å². The summed E-state index contributed by atoms with van der Waals surface area (Å²) >= 11 is 0. The van der Waals surface area contributed by atoms with Crippen LogP contribution in [-0.4, -0.2) is 10.2 Å². The SMILES string of the molecule is Cc1c(O)c(O)c(C)c2c1CCCC2. The smallest absolute Gasteiger partial charge is 0.160 e. The van der Waals surface area contributed by atoms with Gasteiger partial charge in [-0.25, -0.2) is 0 Å². The number of rotatable bonds is 0. The Morgan fingerprint density at radius 1 is 0.786 bits per heavy atom. The molecule has 2 nitrogen and oxygen atoms in total. The molecular formula is C12H16O2. The molecule has 2 N–H and O–H groups in total. The molecule has 0 atom stereocenters. The molecule has 76 valence electrons. The highest BCUT2D eigenvalue weighted by Crippen LogP contribution is 2.40. The van der Waals surface area contributed by atoms with E-state index in [1.807, 2.05) is 13.8 Å². The van der Waals surface area contributed by atoms with Crippen LogP contribution in [0, 0.1) is 13.8 Å². The summed E-state index contributed by atoms with van der Waals surface area (Å²) in [4.78, 5) is 0. The Morgan fingerprint density at radius 2 is 1.14 bits per heavy atom. The standard InChI is InChI=1S/C12H16O2/c1-7-9-5-3-4-6-10(9)8(2)12(14)11(7)13/h13-14H,3-6H2,1-2H3. The molecular weight excluding hydrogens is 176 g/mol. The Bertz CT molecular complexity index is 344. The number of phenolic OH excluding ortho intramolecular Hbond substituents is 2. The molecule has 1 aliphatic rings. The van der Waals surface area contributed by atoms with Crippen LogP contribution < -0.4 is 0 Å². The number of hydrogen-bond donors (Lipinski definition) is 2. The fourth-order valence-corrected chi connectivity index (χ4v) is 2.37. The zero-order valence-electron chi connectivity index (χ0n) is 8.72. The molecule has 0 heterocycles. The molecule has 0 radical (unpaired) electrons. The highest BCUT2D eigenvalue weighted by atomic mass is 16.3. The zero-order chi connectivity index (χ0) is 10.3. The van der Waals surface area contributed by atoms with E-state index in [-0.39, 0.29) is 11.5 Å². The van der Waals surface area contributed by atoms with Crippen LogP contribution in [0.3, 0.4) is 0 Å². The van der Waals surface area contributed by atoms with Gasteiger partial charge in [-0.05, 0) is 61.8 Å². The molecule has 1 aromatic rings. The first-order chi connectivity index (χ1) is 6.63. The minimum absolute atomic E-state index is 0.0724.